The van der Waals surface area contributed by atoms with Crippen molar-refractivity contribution in [3.63, 3.8) is 0 Å². The molecule has 1 unspecified atom stereocenters. The summed E-state index contributed by atoms with van der Waals surface area (Å²) in [6.07, 6.45) is 3.49. The van der Waals surface area contributed by atoms with Crippen LogP contribution in [0.2, 0.25) is 0 Å². The molecular weight excluding hydrogens is 350 g/mol. The van der Waals surface area contributed by atoms with Gasteiger partial charge in [-0.1, -0.05) is 0 Å². The molecule has 0 aromatic carbocycles. The van der Waals surface area contributed by atoms with Crippen LogP contribution in [0.1, 0.15) is 32.1 Å². The fourth-order valence-corrected chi connectivity index (χ4v) is 5.30. The van der Waals surface area contributed by atoms with Gasteiger partial charge in [0.1, 0.15) is 0 Å². The summed E-state index contributed by atoms with van der Waals surface area (Å²) in [4.78, 5) is 11.8. The summed E-state index contributed by atoms with van der Waals surface area (Å²) in [5.41, 5.74) is -5.01. The first-order valence-corrected chi connectivity index (χ1v) is 9.44. The molecule has 5 rings (SSSR count). The summed E-state index contributed by atoms with van der Waals surface area (Å²) in [6, 6.07) is 0. The monoisotopic (exact) mass is 368 g/mol. The number of hydrogen-bond donors (Lipinski definition) is 1. The maximum absolute atomic E-state index is 13.2. The van der Waals surface area contributed by atoms with Gasteiger partial charge in [0, 0.05) is 11.8 Å². The molecule has 10 heteroatoms. The molecule has 0 amide bonds. The van der Waals surface area contributed by atoms with Crippen LogP contribution in [0, 0.1) is 23.7 Å². The van der Waals surface area contributed by atoms with Gasteiger partial charge in [0.25, 0.3) is 0 Å². The van der Waals surface area contributed by atoms with Crippen LogP contribution in [0.5, 0.6) is 0 Å². The fourth-order valence-electron chi connectivity index (χ4n) is 5.12. The topological polar surface area (TPSA) is 99.1 Å². The first-order valence-electron chi connectivity index (χ1n) is 8.00. The summed E-state index contributed by atoms with van der Waals surface area (Å²) < 4.78 is 71.1. The zero-order valence-corrected chi connectivity index (χ0v) is 13.5. The number of alkyl halides is 2. The van der Waals surface area contributed by atoms with E-state index in [1.165, 1.54) is 6.42 Å². The van der Waals surface area contributed by atoms with E-state index >= 15 is 0 Å². The number of halogens is 2. The fraction of sp³-hybridized carbons (Fsp3) is 0.929. The first-order chi connectivity index (χ1) is 11.1. The molecule has 4 aliphatic carbocycles. The average Bonchev–Trinajstić information content (AvgIpc) is 2.89. The van der Waals surface area contributed by atoms with Crippen LogP contribution in [-0.2, 0) is 29.1 Å². The number of rotatable bonds is 3. The standard InChI is InChI=1S/C14H18F2O7S/c15-14(16,24(18,19)20)23-12(17)11-6-21-13(22-11)9-2-7-1-8(4-9)5-10(13)3-7/h7-11H,1-6H2,(H,18,19,20). The number of carbonyl (C=O) groups excluding carboxylic acids is 1. The highest BCUT2D eigenvalue weighted by Crippen LogP contribution is 2.61. The Morgan fingerprint density at radius 3 is 2.17 bits per heavy atom. The molecule has 1 atom stereocenters. The van der Waals surface area contributed by atoms with Gasteiger partial charge in [-0.3, -0.25) is 4.55 Å². The molecule has 5 aliphatic rings. The number of ether oxygens (including phenoxy) is 3. The van der Waals surface area contributed by atoms with Gasteiger partial charge in [-0.25, -0.2) is 4.79 Å². The highest BCUT2D eigenvalue weighted by atomic mass is 32.2. The molecular formula is C14H18F2O7S. The molecule has 136 valence electrons. The smallest absolute Gasteiger partial charge is 0.385 e. The summed E-state index contributed by atoms with van der Waals surface area (Å²) in [5.74, 6) is -1.02. The molecule has 5 fully saturated rings. The van der Waals surface area contributed by atoms with Crippen LogP contribution in [-0.4, -0.2) is 42.9 Å². The third-order valence-corrected chi connectivity index (χ3v) is 6.53. The molecule has 1 N–H and O–H groups in total. The zero-order valence-electron chi connectivity index (χ0n) is 12.7. The number of carbonyl (C=O) groups is 1. The SMILES string of the molecule is O=C(OC(F)(F)S(=O)(=O)O)C1COC2(O1)C1CC3CC(C1)CC2C3. The molecule has 0 aromatic rings. The molecule has 4 bridgehead atoms. The lowest BCUT2D eigenvalue weighted by atomic mass is 9.53. The van der Waals surface area contributed by atoms with Gasteiger partial charge in [-0.2, -0.15) is 8.42 Å². The Balaban J connectivity index is 1.48. The van der Waals surface area contributed by atoms with Gasteiger partial charge < -0.3 is 14.2 Å². The Hall–Kier alpha value is -0.840. The minimum atomic E-state index is -5.85. The average molecular weight is 368 g/mol. The maximum Gasteiger partial charge on any atom is 0.536 e. The van der Waals surface area contributed by atoms with Crippen molar-refractivity contribution in [3.8, 4) is 0 Å². The van der Waals surface area contributed by atoms with E-state index in [0.29, 0.717) is 11.8 Å². The lowest BCUT2D eigenvalue weighted by Crippen LogP contribution is -2.58. The number of hydrogen-bond acceptors (Lipinski definition) is 6. The number of esters is 1. The van der Waals surface area contributed by atoms with E-state index < -0.39 is 33.4 Å². The van der Waals surface area contributed by atoms with Gasteiger partial charge in [-0.15, -0.1) is 8.78 Å². The molecule has 7 nitrogen and oxygen atoms in total. The molecule has 4 saturated carbocycles. The summed E-state index contributed by atoms with van der Waals surface area (Å²) in [6.45, 7) is -0.261. The Morgan fingerprint density at radius 2 is 1.67 bits per heavy atom. The van der Waals surface area contributed by atoms with Crippen molar-refractivity contribution in [1.29, 1.82) is 0 Å². The lowest BCUT2D eigenvalue weighted by Gasteiger charge is -2.58. The van der Waals surface area contributed by atoms with E-state index in [1.54, 1.807) is 0 Å². The Morgan fingerprint density at radius 1 is 1.12 bits per heavy atom. The Labute approximate surface area is 137 Å². The Bertz CT molecular complexity index is 634. The van der Waals surface area contributed by atoms with E-state index in [2.05, 4.69) is 4.74 Å². The lowest BCUT2D eigenvalue weighted by molar-refractivity contribution is -0.295. The van der Waals surface area contributed by atoms with E-state index in [0.717, 1.165) is 25.7 Å². The Kier molecular flexibility index (Phi) is 3.52. The van der Waals surface area contributed by atoms with Crippen molar-refractivity contribution < 1.29 is 40.8 Å². The van der Waals surface area contributed by atoms with Crippen molar-refractivity contribution in [2.24, 2.45) is 23.7 Å². The van der Waals surface area contributed by atoms with Crippen molar-refractivity contribution >= 4 is 16.1 Å². The van der Waals surface area contributed by atoms with E-state index in [9.17, 15) is 22.0 Å². The normalized spacial score (nSPS) is 44.2. The summed E-state index contributed by atoms with van der Waals surface area (Å²) in [5, 5.41) is 0. The third-order valence-electron chi connectivity index (χ3n) is 5.85. The van der Waals surface area contributed by atoms with Gasteiger partial charge in [0.15, 0.2) is 11.9 Å². The third kappa shape index (κ3) is 2.38. The summed E-state index contributed by atoms with van der Waals surface area (Å²) >= 11 is 0. The second-order valence-electron chi connectivity index (χ2n) is 7.30. The van der Waals surface area contributed by atoms with Gasteiger partial charge in [0.05, 0.1) is 6.61 Å². The predicted octanol–water partition coefficient (Wildman–Crippen LogP) is 1.54. The van der Waals surface area contributed by atoms with Crippen LogP contribution in [0.3, 0.4) is 0 Å². The molecule has 0 radical (unpaired) electrons. The zero-order chi connectivity index (χ0) is 17.3. The maximum atomic E-state index is 13.2. The molecule has 1 spiro atoms. The first kappa shape index (κ1) is 16.6. The van der Waals surface area contributed by atoms with E-state index in [4.69, 9.17) is 14.0 Å². The van der Waals surface area contributed by atoms with Crippen molar-refractivity contribution in [1.82, 2.24) is 0 Å². The molecule has 24 heavy (non-hydrogen) atoms. The van der Waals surface area contributed by atoms with Gasteiger partial charge >= 0.3 is 21.5 Å². The van der Waals surface area contributed by atoms with Crippen LogP contribution in [0.25, 0.3) is 0 Å². The van der Waals surface area contributed by atoms with Gasteiger partial charge in [0.2, 0.25) is 0 Å². The van der Waals surface area contributed by atoms with E-state index in [-0.39, 0.29) is 18.4 Å². The molecule has 1 heterocycles. The molecule has 1 aliphatic heterocycles. The van der Waals surface area contributed by atoms with Crippen LogP contribution in [0.4, 0.5) is 8.78 Å². The molecule has 1 saturated heterocycles. The second kappa shape index (κ2) is 5.09. The second-order valence-corrected chi connectivity index (χ2v) is 8.73. The van der Waals surface area contributed by atoms with Crippen LogP contribution >= 0.6 is 0 Å². The minimum absolute atomic E-state index is 0.119. The predicted molar refractivity (Wildman–Crippen MR) is 73.2 cm³/mol. The van der Waals surface area contributed by atoms with Crippen LogP contribution < -0.4 is 0 Å². The van der Waals surface area contributed by atoms with Gasteiger partial charge in [-0.05, 0) is 43.9 Å². The van der Waals surface area contributed by atoms with Crippen molar-refractivity contribution in [2.75, 3.05) is 6.61 Å². The van der Waals surface area contributed by atoms with Crippen molar-refractivity contribution in [3.05, 3.63) is 0 Å². The van der Waals surface area contributed by atoms with Crippen molar-refractivity contribution in [2.45, 2.75) is 49.4 Å². The highest BCUT2D eigenvalue weighted by Gasteiger charge is 2.63. The largest absolute Gasteiger partial charge is 0.536 e. The molecule has 0 aromatic heterocycles. The summed E-state index contributed by atoms with van der Waals surface area (Å²) in [7, 11) is -5.85. The van der Waals surface area contributed by atoms with E-state index in [1.807, 2.05) is 0 Å². The quantitative estimate of drug-likeness (QED) is 0.596. The minimum Gasteiger partial charge on any atom is -0.385 e. The highest BCUT2D eigenvalue weighted by molar-refractivity contribution is 7.86. The van der Waals surface area contributed by atoms with Crippen LogP contribution in [0.15, 0.2) is 0 Å².